The van der Waals surface area contributed by atoms with Crippen molar-refractivity contribution in [3.63, 3.8) is 0 Å². The normalized spacial score (nSPS) is 17.8. The van der Waals surface area contributed by atoms with Crippen molar-refractivity contribution >= 4 is 12.0 Å². The van der Waals surface area contributed by atoms with Crippen molar-refractivity contribution < 1.29 is 19.1 Å². The van der Waals surface area contributed by atoms with Crippen molar-refractivity contribution in [2.75, 3.05) is 40.0 Å². The van der Waals surface area contributed by atoms with Crippen LogP contribution in [0.4, 0.5) is 4.79 Å². The summed E-state index contributed by atoms with van der Waals surface area (Å²) in [6.07, 6.45) is 2.15. The van der Waals surface area contributed by atoms with E-state index in [2.05, 4.69) is 34.1 Å². The zero-order valence-electron chi connectivity index (χ0n) is 17.0. The lowest BCUT2D eigenvalue weighted by Gasteiger charge is -2.39. The maximum Gasteiger partial charge on any atom is 0.407 e. The van der Waals surface area contributed by atoms with E-state index in [1.54, 1.807) is 0 Å². The predicted molar refractivity (Wildman–Crippen MR) is 102 cm³/mol. The fourth-order valence-corrected chi connectivity index (χ4v) is 3.57. The third-order valence-corrected chi connectivity index (χ3v) is 5.09. The second kappa shape index (κ2) is 12.1. The van der Waals surface area contributed by atoms with E-state index in [9.17, 15) is 9.59 Å². The van der Waals surface area contributed by atoms with Crippen LogP contribution in [0.3, 0.4) is 0 Å². The number of carbonyl (C=O) groups excluding carboxylic acids is 2. The Kier molecular flexibility index (Phi) is 10.6. The molecule has 1 fully saturated rings. The van der Waals surface area contributed by atoms with Gasteiger partial charge in [-0.15, -0.1) is 0 Å². The molecule has 0 aromatic rings. The molecule has 1 rings (SSSR count). The third kappa shape index (κ3) is 7.50. The molecule has 0 spiro atoms. The predicted octanol–water partition coefficient (Wildman–Crippen LogP) is 2.01. The highest BCUT2D eigenvalue weighted by Crippen LogP contribution is 2.19. The van der Waals surface area contributed by atoms with Gasteiger partial charge in [-0.05, 0) is 18.3 Å². The number of nitrogens with one attached hydrogen (secondary N) is 2. The van der Waals surface area contributed by atoms with Gasteiger partial charge >= 0.3 is 6.09 Å². The number of rotatable bonds is 10. The SMILES string of the molecule is CCC(CC)C(CNC(=O)C(CC(C)C)NC(=O)OC)N1CCOCC1. The molecule has 26 heavy (non-hydrogen) atoms. The molecule has 0 aromatic carbocycles. The van der Waals surface area contributed by atoms with E-state index < -0.39 is 12.1 Å². The number of nitrogens with zero attached hydrogens (tertiary/aromatic N) is 1. The van der Waals surface area contributed by atoms with Crippen molar-refractivity contribution in [3.05, 3.63) is 0 Å². The fourth-order valence-electron chi connectivity index (χ4n) is 3.57. The number of hydrogen-bond donors (Lipinski definition) is 2. The second-order valence-electron chi connectivity index (χ2n) is 7.36. The summed E-state index contributed by atoms with van der Waals surface area (Å²) in [6.45, 7) is 12.3. The summed E-state index contributed by atoms with van der Waals surface area (Å²) >= 11 is 0. The topological polar surface area (TPSA) is 79.9 Å². The number of methoxy groups -OCH3 is 1. The lowest BCUT2D eigenvalue weighted by Crippen LogP contribution is -2.54. The largest absolute Gasteiger partial charge is 0.453 e. The number of carbonyl (C=O) groups is 2. The average Bonchev–Trinajstić information content (AvgIpc) is 2.64. The van der Waals surface area contributed by atoms with Crippen LogP contribution in [0.5, 0.6) is 0 Å². The van der Waals surface area contributed by atoms with Crippen LogP contribution in [0, 0.1) is 11.8 Å². The molecule has 7 heteroatoms. The minimum absolute atomic E-state index is 0.145. The van der Waals surface area contributed by atoms with E-state index in [1.165, 1.54) is 7.11 Å². The molecule has 2 unspecified atom stereocenters. The molecule has 0 aromatic heterocycles. The van der Waals surface area contributed by atoms with E-state index in [4.69, 9.17) is 4.74 Å². The smallest absolute Gasteiger partial charge is 0.407 e. The molecule has 1 heterocycles. The Bertz CT molecular complexity index is 421. The number of ether oxygens (including phenoxy) is 2. The summed E-state index contributed by atoms with van der Waals surface area (Å²) in [5.41, 5.74) is 0. The highest BCUT2D eigenvalue weighted by atomic mass is 16.5. The van der Waals surface area contributed by atoms with Crippen LogP contribution in [0.2, 0.25) is 0 Å². The van der Waals surface area contributed by atoms with Crippen LogP contribution < -0.4 is 10.6 Å². The summed E-state index contributed by atoms with van der Waals surface area (Å²) in [6, 6.07) is -0.287. The van der Waals surface area contributed by atoms with Gasteiger partial charge in [0.1, 0.15) is 6.04 Å². The quantitative estimate of drug-likeness (QED) is 0.614. The molecule has 0 radical (unpaired) electrons. The van der Waals surface area contributed by atoms with Gasteiger partial charge in [-0.3, -0.25) is 9.69 Å². The standard InChI is InChI=1S/C19H37N3O4/c1-6-15(7-2)17(22-8-10-26-11-9-22)13-20-18(23)16(12-14(3)4)21-19(24)25-5/h14-17H,6-13H2,1-5H3,(H,20,23)(H,21,24). The van der Waals surface area contributed by atoms with Gasteiger partial charge in [-0.25, -0.2) is 4.79 Å². The minimum Gasteiger partial charge on any atom is -0.453 e. The Morgan fingerprint density at radius 3 is 2.27 bits per heavy atom. The first-order valence-corrected chi connectivity index (χ1v) is 9.86. The van der Waals surface area contributed by atoms with Crippen LogP contribution in [0.15, 0.2) is 0 Å². The highest BCUT2D eigenvalue weighted by Gasteiger charge is 2.29. The average molecular weight is 372 g/mol. The summed E-state index contributed by atoms with van der Waals surface area (Å²) < 4.78 is 10.1. The van der Waals surface area contributed by atoms with Gasteiger partial charge in [0.25, 0.3) is 0 Å². The molecule has 1 aliphatic rings. The molecule has 0 bridgehead atoms. The zero-order valence-corrected chi connectivity index (χ0v) is 17.0. The first-order valence-electron chi connectivity index (χ1n) is 9.86. The van der Waals surface area contributed by atoms with E-state index in [-0.39, 0.29) is 17.9 Å². The van der Waals surface area contributed by atoms with Crippen molar-refractivity contribution in [3.8, 4) is 0 Å². The van der Waals surface area contributed by atoms with Gasteiger partial charge < -0.3 is 20.1 Å². The van der Waals surface area contributed by atoms with Gasteiger partial charge in [0.2, 0.25) is 5.91 Å². The van der Waals surface area contributed by atoms with Crippen molar-refractivity contribution in [2.45, 2.75) is 59.0 Å². The number of alkyl carbamates (subject to hydrolysis) is 1. The van der Waals surface area contributed by atoms with E-state index in [0.29, 0.717) is 18.9 Å². The van der Waals surface area contributed by atoms with Gasteiger partial charge in [0.15, 0.2) is 0 Å². The second-order valence-corrected chi connectivity index (χ2v) is 7.36. The molecule has 1 aliphatic heterocycles. The third-order valence-electron chi connectivity index (χ3n) is 5.09. The maximum absolute atomic E-state index is 12.7. The van der Waals surface area contributed by atoms with E-state index in [0.717, 1.165) is 39.1 Å². The van der Waals surface area contributed by atoms with Gasteiger partial charge in [0.05, 0.1) is 20.3 Å². The fraction of sp³-hybridized carbons (Fsp3) is 0.895. The molecular formula is C19H37N3O4. The molecule has 2 N–H and O–H groups in total. The first kappa shape index (κ1) is 22.7. The summed E-state index contributed by atoms with van der Waals surface area (Å²) in [7, 11) is 1.31. The molecule has 2 amide bonds. The van der Waals surface area contributed by atoms with Crippen molar-refractivity contribution in [1.29, 1.82) is 0 Å². The molecule has 7 nitrogen and oxygen atoms in total. The molecular weight excluding hydrogens is 334 g/mol. The number of morpholine rings is 1. The zero-order chi connectivity index (χ0) is 19.5. The minimum atomic E-state index is -0.575. The lowest BCUT2D eigenvalue weighted by molar-refractivity contribution is -0.124. The Morgan fingerprint density at radius 2 is 1.77 bits per heavy atom. The molecule has 152 valence electrons. The van der Waals surface area contributed by atoms with Crippen LogP contribution >= 0.6 is 0 Å². The Balaban J connectivity index is 2.72. The number of amides is 2. The lowest BCUT2D eigenvalue weighted by atomic mass is 9.92. The van der Waals surface area contributed by atoms with Crippen LogP contribution in [-0.2, 0) is 14.3 Å². The van der Waals surface area contributed by atoms with Crippen LogP contribution in [-0.4, -0.2) is 68.9 Å². The van der Waals surface area contributed by atoms with Gasteiger partial charge in [-0.2, -0.15) is 0 Å². The van der Waals surface area contributed by atoms with Crippen LogP contribution in [0.25, 0.3) is 0 Å². The monoisotopic (exact) mass is 371 g/mol. The maximum atomic E-state index is 12.7. The molecule has 0 saturated carbocycles. The van der Waals surface area contributed by atoms with Gasteiger partial charge in [-0.1, -0.05) is 40.5 Å². The van der Waals surface area contributed by atoms with Gasteiger partial charge in [0, 0.05) is 25.7 Å². The summed E-state index contributed by atoms with van der Waals surface area (Å²) in [5.74, 6) is 0.663. The Labute approximate surface area is 158 Å². The number of hydrogen-bond acceptors (Lipinski definition) is 5. The van der Waals surface area contributed by atoms with E-state index in [1.807, 2.05) is 13.8 Å². The Hall–Kier alpha value is -1.34. The van der Waals surface area contributed by atoms with Crippen LogP contribution in [0.1, 0.15) is 47.0 Å². The van der Waals surface area contributed by atoms with E-state index >= 15 is 0 Å². The highest BCUT2D eigenvalue weighted by molar-refractivity contribution is 5.85. The van der Waals surface area contributed by atoms with Crippen molar-refractivity contribution in [2.24, 2.45) is 11.8 Å². The Morgan fingerprint density at radius 1 is 1.15 bits per heavy atom. The molecule has 0 aliphatic carbocycles. The summed E-state index contributed by atoms with van der Waals surface area (Å²) in [5, 5.41) is 5.72. The summed E-state index contributed by atoms with van der Waals surface area (Å²) in [4.78, 5) is 26.7. The first-order chi connectivity index (χ1) is 12.4. The molecule has 2 atom stereocenters. The molecule has 1 saturated heterocycles. The van der Waals surface area contributed by atoms with Crippen molar-refractivity contribution in [1.82, 2.24) is 15.5 Å².